The van der Waals surface area contributed by atoms with Gasteiger partial charge in [0, 0.05) is 26.2 Å². The van der Waals surface area contributed by atoms with Crippen LogP contribution in [0.3, 0.4) is 0 Å². The number of rotatable bonds is 5. The molecule has 0 aromatic heterocycles. The van der Waals surface area contributed by atoms with Crippen molar-refractivity contribution in [3.8, 4) is 0 Å². The topological polar surface area (TPSA) is 55.6 Å². The van der Waals surface area contributed by atoms with E-state index in [-0.39, 0.29) is 11.8 Å². The Morgan fingerprint density at radius 1 is 1.42 bits per heavy atom. The molecule has 2 rings (SSSR count). The fourth-order valence-electron chi connectivity index (χ4n) is 2.45. The Labute approximate surface area is 114 Å². The first-order valence-corrected chi connectivity index (χ1v) is 6.89. The highest BCUT2D eigenvalue weighted by atomic mass is 16.5. The van der Waals surface area contributed by atoms with Gasteiger partial charge in [0.05, 0.1) is 12.5 Å². The van der Waals surface area contributed by atoms with Gasteiger partial charge in [-0.05, 0) is 24.5 Å². The Bertz CT molecular complexity index is 428. The molecule has 0 saturated carbocycles. The summed E-state index contributed by atoms with van der Waals surface area (Å²) in [7, 11) is 0. The fourth-order valence-corrected chi connectivity index (χ4v) is 2.45. The van der Waals surface area contributed by atoms with Crippen LogP contribution in [-0.2, 0) is 22.6 Å². The van der Waals surface area contributed by atoms with Gasteiger partial charge in [-0.25, -0.2) is 0 Å². The molecular weight excluding hydrogens is 240 g/mol. The molecular formula is C15H22N2O2. The Kier molecular flexibility index (Phi) is 4.93. The average Bonchev–Trinajstić information content (AvgIpc) is 2.98. The molecule has 0 spiro atoms. The van der Waals surface area contributed by atoms with Crippen LogP contribution in [0.1, 0.15) is 24.5 Å². The monoisotopic (exact) mass is 262 g/mol. The van der Waals surface area contributed by atoms with Crippen LogP contribution < -0.4 is 5.73 Å². The molecule has 1 aliphatic rings. The molecule has 1 saturated heterocycles. The minimum Gasteiger partial charge on any atom is -0.381 e. The Morgan fingerprint density at radius 3 is 2.74 bits per heavy atom. The predicted octanol–water partition coefficient (Wildman–Crippen LogP) is 1.53. The van der Waals surface area contributed by atoms with Crippen LogP contribution in [0.15, 0.2) is 24.3 Å². The van der Waals surface area contributed by atoms with Crippen LogP contribution in [-0.4, -0.2) is 30.6 Å². The molecule has 1 amide bonds. The summed E-state index contributed by atoms with van der Waals surface area (Å²) in [5, 5.41) is 0. The molecule has 1 fully saturated rings. The van der Waals surface area contributed by atoms with Gasteiger partial charge in [0.1, 0.15) is 0 Å². The van der Waals surface area contributed by atoms with Crippen LogP contribution in [0, 0.1) is 5.92 Å². The molecule has 4 heteroatoms. The highest BCUT2D eigenvalue weighted by Gasteiger charge is 2.27. The number of ether oxygens (including phenoxy) is 1. The zero-order valence-corrected chi connectivity index (χ0v) is 11.5. The lowest BCUT2D eigenvalue weighted by Gasteiger charge is -2.24. The van der Waals surface area contributed by atoms with Gasteiger partial charge in [-0.3, -0.25) is 4.79 Å². The molecule has 0 bridgehead atoms. The van der Waals surface area contributed by atoms with Gasteiger partial charge in [-0.15, -0.1) is 0 Å². The van der Waals surface area contributed by atoms with E-state index in [2.05, 4.69) is 0 Å². The third kappa shape index (κ3) is 3.33. The lowest BCUT2D eigenvalue weighted by Crippen LogP contribution is -2.36. The molecule has 104 valence electrons. The maximum atomic E-state index is 12.4. The summed E-state index contributed by atoms with van der Waals surface area (Å²) in [6.45, 7) is 5.14. The molecule has 19 heavy (non-hydrogen) atoms. The van der Waals surface area contributed by atoms with Gasteiger partial charge < -0.3 is 15.4 Å². The summed E-state index contributed by atoms with van der Waals surface area (Å²) in [4.78, 5) is 14.3. The second kappa shape index (κ2) is 6.68. The predicted molar refractivity (Wildman–Crippen MR) is 74.4 cm³/mol. The van der Waals surface area contributed by atoms with Crippen molar-refractivity contribution in [3.05, 3.63) is 35.4 Å². The molecule has 1 aromatic carbocycles. The maximum Gasteiger partial charge on any atom is 0.228 e. The van der Waals surface area contributed by atoms with Crippen LogP contribution in [0.2, 0.25) is 0 Å². The van der Waals surface area contributed by atoms with E-state index in [4.69, 9.17) is 10.5 Å². The van der Waals surface area contributed by atoms with Gasteiger partial charge >= 0.3 is 0 Å². The van der Waals surface area contributed by atoms with Crippen molar-refractivity contribution >= 4 is 5.91 Å². The number of amides is 1. The van der Waals surface area contributed by atoms with Crippen molar-refractivity contribution in [2.75, 3.05) is 19.8 Å². The van der Waals surface area contributed by atoms with Crippen molar-refractivity contribution < 1.29 is 9.53 Å². The second-order valence-electron chi connectivity index (χ2n) is 4.89. The van der Waals surface area contributed by atoms with Crippen molar-refractivity contribution in [2.24, 2.45) is 11.7 Å². The van der Waals surface area contributed by atoms with Crippen LogP contribution in [0.25, 0.3) is 0 Å². The third-order valence-corrected chi connectivity index (χ3v) is 3.67. The fraction of sp³-hybridized carbons (Fsp3) is 0.533. The van der Waals surface area contributed by atoms with Crippen molar-refractivity contribution in [2.45, 2.75) is 26.4 Å². The molecule has 1 aliphatic heterocycles. The molecule has 1 atom stereocenters. The molecule has 0 aliphatic carbocycles. The number of hydrogen-bond donors (Lipinski definition) is 1. The number of carbonyl (C=O) groups is 1. The zero-order valence-electron chi connectivity index (χ0n) is 11.5. The zero-order chi connectivity index (χ0) is 13.7. The highest BCUT2D eigenvalue weighted by Crippen LogP contribution is 2.18. The van der Waals surface area contributed by atoms with E-state index in [0.717, 1.165) is 17.5 Å². The lowest BCUT2D eigenvalue weighted by atomic mass is 10.0. The first-order valence-electron chi connectivity index (χ1n) is 6.89. The number of nitrogens with two attached hydrogens (primary N) is 1. The van der Waals surface area contributed by atoms with E-state index in [1.807, 2.05) is 36.1 Å². The van der Waals surface area contributed by atoms with Gasteiger partial charge in [-0.2, -0.15) is 0 Å². The van der Waals surface area contributed by atoms with Gasteiger partial charge in [0.2, 0.25) is 5.91 Å². The third-order valence-electron chi connectivity index (χ3n) is 3.67. The van der Waals surface area contributed by atoms with E-state index < -0.39 is 0 Å². The largest absolute Gasteiger partial charge is 0.381 e. The van der Waals surface area contributed by atoms with E-state index >= 15 is 0 Å². The molecule has 2 N–H and O–H groups in total. The second-order valence-corrected chi connectivity index (χ2v) is 4.89. The van der Waals surface area contributed by atoms with E-state index in [1.165, 1.54) is 0 Å². The van der Waals surface area contributed by atoms with Crippen LogP contribution in [0.5, 0.6) is 0 Å². The highest BCUT2D eigenvalue weighted by molar-refractivity contribution is 5.79. The minimum atomic E-state index is 0.0324. The van der Waals surface area contributed by atoms with E-state index in [9.17, 15) is 4.79 Å². The standard InChI is InChI=1S/C15H22N2O2/c1-2-17(15(18)14-7-8-19-11-14)10-13-6-4-3-5-12(13)9-16/h3-6,14H,2,7-11,16H2,1H3. The van der Waals surface area contributed by atoms with Gasteiger partial charge in [-0.1, -0.05) is 24.3 Å². The van der Waals surface area contributed by atoms with Gasteiger partial charge in [0.15, 0.2) is 0 Å². The maximum absolute atomic E-state index is 12.4. The number of nitrogens with zero attached hydrogens (tertiary/aromatic N) is 1. The Hall–Kier alpha value is -1.39. The summed E-state index contributed by atoms with van der Waals surface area (Å²) in [6, 6.07) is 8.04. The molecule has 1 unspecified atom stereocenters. The van der Waals surface area contributed by atoms with Gasteiger partial charge in [0.25, 0.3) is 0 Å². The van der Waals surface area contributed by atoms with Crippen molar-refractivity contribution in [1.29, 1.82) is 0 Å². The SMILES string of the molecule is CCN(Cc1ccccc1CN)C(=O)C1CCOC1. The summed E-state index contributed by atoms with van der Waals surface area (Å²) < 4.78 is 5.30. The molecule has 4 nitrogen and oxygen atoms in total. The van der Waals surface area contributed by atoms with E-state index in [1.54, 1.807) is 0 Å². The summed E-state index contributed by atoms with van der Waals surface area (Å²) in [5.41, 5.74) is 7.99. The first-order chi connectivity index (χ1) is 9.26. The van der Waals surface area contributed by atoms with E-state index in [0.29, 0.717) is 32.8 Å². The first kappa shape index (κ1) is 14.0. The number of carbonyl (C=O) groups excluding carboxylic acids is 1. The lowest BCUT2D eigenvalue weighted by molar-refractivity contribution is -0.135. The van der Waals surface area contributed by atoms with Crippen LogP contribution in [0.4, 0.5) is 0 Å². The Morgan fingerprint density at radius 2 is 2.16 bits per heavy atom. The summed E-state index contributed by atoms with van der Waals surface area (Å²) in [6.07, 6.45) is 0.841. The summed E-state index contributed by atoms with van der Waals surface area (Å²) >= 11 is 0. The van der Waals surface area contributed by atoms with Crippen LogP contribution >= 0.6 is 0 Å². The quantitative estimate of drug-likeness (QED) is 0.875. The van der Waals surface area contributed by atoms with Crippen molar-refractivity contribution in [3.63, 3.8) is 0 Å². The summed E-state index contributed by atoms with van der Waals surface area (Å²) in [5.74, 6) is 0.233. The Balaban J connectivity index is 2.07. The number of hydrogen-bond acceptors (Lipinski definition) is 3. The molecule has 0 radical (unpaired) electrons. The number of benzene rings is 1. The smallest absolute Gasteiger partial charge is 0.228 e. The normalized spacial score (nSPS) is 18.5. The molecule has 1 aromatic rings. The van der Waals surface area contributed by atoms with Crippen molar-refractivity contribution in [1.82, 2.24) is 4.90 Å². The molecule has 1 heterocycles. The average molecular weight is 262 g/mol. The minimum absolute atomic E-state index is 0.0324.